The second kappa shape index (κ2) is 5.00. The highest BCUT2D eigenvalue weighted by Crippen LogP contribution is 2.48. The van der Waals surface area contributed by atoms with E-state index in [2.05, 4.69) is 15.9 Å². The van der Waals surface area contributed by atoms with Crippen LogP contribution in [0.3, 0.4) is 0 Å². The molecule has 4 nitrogen and oxygen atoms in total. The van der Waals surface area contributed by atoms with Crippen molar-refractivity contribution in [1.82, 2.24) is 0 Å². The molecule has 0 heterocycles. The van der Waals surface area contributed by atoms with Crippen LogP contribution in [0.4, 0.5) is 4.39 Å². The van der Waals surface area contributed by atoms with E-state index in [1.54, 1.807) is 0 Å². The summed E-state index contributed by atoms with van der Waals surface area (Å²) in [5, 5.41) is 19.1. The van der Waals surface area contributed by atoms with Crippen molar-refractivity contribution in [2.75, 3.05) is 7.11 Å². The molecule has 0 unspecified atom stereocenters. The van der Waals surface area contributed by atoms with Gasteiger partial charge in [0.05, 0.1) is 17.0 Å². The number of hydrogen-bond donors (Lipinski definition) is 2. The summed E-state index contributed by atoms with van der Waals surface area (Å²) in [5.74, 6) is -2.68. The lowest BCUT2D eigenvalue weighted by molar-refractivity contribution is -0.143. The van der Waals surface area contributed by atoms with Gasteiger partial charge in [0.2, 0.25) is 5.82 Å². The molecule has 2 N–H and O–H groups in total. The molecule has 19 heavy (non-hydrogen) atoms. The summed E-state index contributed by atoms with van der Waals surface area (Å²) in [4.78, 5) is 11.6. The number of aromatic hydroxyl groups is 1. The molecule has 1 aromatic carbocycles. The standard InChI is InChI=1S/C13H14BrFO4/c1-19-11-7(6-8(14)10(16)9(11)15)13(12(17)18)4-2-3-5-13/h6,16H,2-5H2,1H3,(H,17,18). The van der Waals surface area contributed by atoms with Crippen molar-refractivity contribution >= 4 is 21.9 Å². The molecule has 104 valence electrons. The summed E-state index contributed by atoms with van der Waals surface area (Å²) < 4.78 is 19.1. The quantitative estimate of drug-likeness (QED) is 0.891. The van der Waals surface area contributed by atoms with Crippen molar-refractivity contribution in [3.8, 4) is 11.5 Å². The van der Waals surface area contributed by atoms with Crippen molar-refractivity contribution in [2.45, 2.75) is 31.1 Å². The number of benzene rings is 1. The van der Waals surface area contributed by atoms with Gasteiger partial charge in [0.15, 0.2) is 11.5 Å². The number of methoxy groups -OCH3 is 1. The summed E-state index contributed by atoms with van der Waals surface area (Å²) in [7, 11) is 1.26. The highest BCUT2D eigenvalue weighted by atomic mass is 79.9. The fraction of sp³-hybridized carbons (Fsp3) is 0.462. The smallest absolute Gasteiger partial charge is 0.314 e. The molecular weight excluding hydrogens is 319 g/mol. The minimum atomic E-state index is -1.14. The van der Waals surface area contributed by atoms with E-state index in [0.29, 0.717) is 12.8 Å². The van der Waals surface area contributed by atoms with E-state index < -0.39 is 23.0 Å². The number of phenolic OH excluding ortho intramolecular Hbond substituents is 1. The van der Waals surface area contributed by atoms with Crippen LogP contribution in [0.5, 0.6) is 11.5 Å². The van der Waals surface area contributed by atoms with Gasteiger partial charge in [0.1, 0.15) is 0 Å². The molecular formula is C13H14BrFO4. The van der Waals surface area contributed by atoms with Gasteiger partial charge in [-0.05, 0) is 34.8 Å². The molecule has 0 aromatic heterocycles. The van der Waals surface area contributed by atoms with Gasteiger partial charge in [0, 0.05) is 5.56 Å². The third-order valence-electron chi connectivity index (χ3n) is 3.74. The molecule has 0 bridgehead atoms. The van der Waals surface area contributed by atoms with Gasteiger partial charge in [-0.3, -0.25) is 4.79 Å². The van der Waals surface area contributed by atoms with Crippen LogP contribution in [0.25, 0.3) is 0 Å². The van der Waals surface area contributed by atoms with E-state index in [0.717, 1.165) is 12.8 Å². The van der Waals surface area contributed by atoms with Crippen LogP contribution in [-0.2, 0) is 10.2 Å². The summed E-state index contributed by atoms with van der Waals surface area (Å²) >= 11 is 3.04. The Morgan fingerprint density at radius 3 is 2.53 bits per heavy atom. The maximum absolute atomic E-state index is 14.0. The summed E-state index contributed by atoms with van der Waals surface area (Å²) in [6.45, 7) is 0. The van der Waals surface area contributed by atoms with Crippen molar-refractivity contribution in [1.29, 1.82) is 0 Å². The Balaban J connectivity index is 2.70. The molecule has 1 aliphatic carbocycles. The Kier molecular flexibility index (Phi) is 3.71. The zero-order valence-corrected chi connectivity index (χ0v) is 12.0. The van der Waals surface area contributed by atoms with Gasteiger partial charge in [-0.1, -0.05) is 12.8 Å². The van der Waals surface area contributed by atoms with Crippen molar-refractivity contribution in [2.24, 2.45) is 0 Å². The number of carboxylic acids is 1. The van der Waals surface area contributed by atoms with Crippen LogP contribution in [0, 0.1) is 5.82 Å². The van der Waals surface area contributed by atoms with Crippen LogP contribution in [0.2, 0.25) is 0 Å². The first-order valence-corrected chi connectivity index (χ1v) is 6.72. The van der Waals surface area contributed by atoms with E-state index in [1.165, 1.54) is 13.2 Å². The van der Waals surface area contributed by atoms with Crippen molar-refractivity contribution < 1.29 is 24.1 Å². The fourth-order valence-corrected chi connectivity index (χ4v) is 3.13. The maximum Gasteiger partial charge on any atom is 0.314 e. The first kappa shape index (κ1) is 14.1. The molecule has 0 atom stereocenters. The number of hydrogen-bond acceptors (Lipinski definition) is 3. The number of aliphatic carboxylic acids is 1. The van der Waals surface area contributed by atoms with Gasteiger partial charge in [-0.25, -0.2) is 0 Å². The number of carbonyl (C=O) groups is 1. The highest BCUT2D eigenvalue weighted by Gasteiger charge is 2.46. The topological polar surface area (TPSA) is 66.8 Å². The molecule has 2 rings (SSSR count). The van der Waals surface area contributed by atoms with Gasteiger partial charge >= 0.3 is 5.97 Å². The second-order valence-electron chi connectivity index (χ2n) is 4.70. The predicted octanol–water partition coefficient (Wildman–Crippen LogP) is 3.20. The Morgan fingerprint density at radius 2 is 2.05 bits per heavy atom. The fourth-order valence-electron chi connectivity index (χ4n) is 2.72. The Hall–Kier alpha value is -1.30. The summed E-state index contributed by atoms with van der Waals surface area (Å²) in [6, 6.07) is 1.44. The molecule has 0 spiro atoms. The van der Waals surface area contributed by atoms with Crippen molar-refractivity contribution in [3.63, 3.8) is 0 Å². The zero-order valence-electron chi connectivity index (χ0n) is 10.4. The first-order chi connectivity index (χ1) is 8.94. The lowest BCUT2D eigenvalue weighted by Crippen LogP contribution is -2.33. The number of phenols is 1. The Morgan fingerprint density at radius 1 is 1.47 bits per heavy atom. The predicted molar refractivity (Wildman–Crippen MR) is 70.1 cm³/mol. The molecule has 1 aliphatic rings. The van der Waals surface area contributed by atoms with E-state index in [-0.39, 0.29) is 15.8 Å². The minimum absolute atomic E-state index is 0.133. The van der Waals surface area contributed by atoms with Crippen LogP contribution in [-0.4, -0.2) is 23.3 Å². The number of rotatable bonds is 3. The number of halogens is 2. The third kappa shape index (κ3) is 2.08. The molecule has 1 saturated carbocycles. The van der Waals surface area contributed by atoms with E-state index in [1.807, 2.05) is 0 Å². The average molecular weight is 333 g/mol. The van der Waals surface area contributed by atoms with Crippen LogP contribution >= 0.6 is 15.9 Å². The molecule has 0 amide bonds. The monoisotopic (exact) mass is 332 g/mol. The van der Waals surface area contributed by atoms with Crippen molar-refractivity contribution in [3.05, 3.63) is 21.9 Å². The Bertz CT molecular complexity index is 524. The summed E-state index contributed by atoms with van der Waals surface area (Å²) in [6.07, 6.45) is 2.43. The van der Waals surface area contributed by atoms with E-state index >= 15 is 0 Å². The van der Waals surface area contributed by atoms with Gasteiger partial charge < -0.3 is 14.9 Å². The maximum atomic E-state index is 14.0. The highest BCUT2D eigenvalue weighted by molar-refractivity contribution is 9.10. The minimum Gasteiger partial charge on any atom is -0.504 e. The Labute approximate surface area is 118 Å². The SMILES string of the molecule is COc1c(C2(C(=O)O)CCCC2)cc(Br)c(O)c1F. The molecule has 0 aliphatic heterocycles. The summed E-state index contributed by atoms with van der Waals surface area (Å²) in [5.41, 5.74) is -0.857. The molecule has 0 saturated heterocycles. The van der Waals surface area contributed by atoms with Crippen LogP contribution in [0.15, 0.2) is 10.5 Å². The van der Waals surface area contributed by atoms with E-state index in [9.17, 15) is 19.4 Å². The molecule has 6 heteroatoms. The second-order valence-corrected chi connectivity index (χ2v) is 5.55. The molecule has 1 aromatic rings. The lowest BCUT2D eigenvalue weighted by Gasteiger charge is -2.27. The molecule has 1 fully saturated rings. The zero-order chi connectivity index (χ0) is 14.2. The van der Waals surface area contributed by atoms with E-state index in [4.69, 9.17) is 4.74 Å². The molecule has 0 radical (unpaired) electrons. The number of carboxylic acid groups (broad SMARTS) is 1. The van der Waals surface area contributed by atoms with Crippen LogP contribution < -0.4 is 4.74 Å². The van der Waals surface area contributed by atoms with Crippen LogP contribution in [0.1, 0.15) is 31.2 Å². The largest absolute Gasteiger partial charge is 0.504 e. The number of ether oxygens (including phenoxy) is 1. The van der Waals surface area contributed by atoms with Gasteiger partial charge in [0.25, 0.3) is 0 Å². The lowest BCUT2D eigenvalue weighted by atomic mass is 9.78. The third-order valence-corrected chi connectivity index (χ3v) is 4.34. The first-order valence-electron chi connectivity index (χ1n) is 5.93. The van der Waals surface area contributed by atoms with Gasteiger partial charge in [-0.15, -0.1) is 0 Å². The normalized spacial score (nSPS) is 17.4. The average Bonchev–Trinajstić information content (AvgIpc) is 2.86. The van der Waals surface area contributed by atoms with Gasteiger partial charge in [-0.2, -0.15) is 4.39 Å².